The van der Waals surface area contributed by atoms with Gasteiger partial charge in [-0.05, 0) is 85.5 Å². The van der Waals surface area contributed by atoms with E-state index in [4.69, 9.17) is 4.74 Å². The molecule has 23 heavy (non-hydrogen) atoms. The first-order valence-electron chi connectivity index (χ1n) is 9.24. The third-order valence-corrected chi connectivity index (χ3v) is 4.95. The predicted octanol–water partition coefficient (Wildman–Crippen LogP) is 2.71. The number of nitrogens with zero attached hydrogens (tertiary/aromatic N) is 2. The molecule has 2 aliphatic rings. The molecule has 0 aromatic heterocycles. The van der Waals surface area contributed by atoms with Gasteiger partial charge in [0.1, 0.15) is 5.60 Å². The molecular weight excluding hydrogens is 290 g/mol. The minimum absolute atomic E-state index is 0.155. The lowest BCUT2D eigenvalue weighted by atomic mass is 9.94. The first-order chi connectivity index (χ1) is 10.8. The van der Waals surface area contributed by atoms with Crippen LogP contribution in [0.4, 0.5) is 4.79 Å². The molecule has 1 N–H and O–H groups in total. The lowest BCUT2D eigenvalue weighted by molar-refractivity contribution is 0.0226. The summed E-state index contributed by atoms with van der Waals surface area (Å²) >= 11 is 0. The van der Waals surface area contributed by atoms with E-state index in [1.807, 2.05) is 25.7 Å². The molecule has 1 unspecified atom stereocenters. The lowest BCUT2D eigenvalue weighted by Gasteiger charge is -2.30. The van der Waals surface area contributed by atoms with Crippen LogP contribution < -0.4 is 5.32 Å². The van der Waals surface area contributed by atoms with Gasteiger partial charge in [-0.25, -0.2) is 4.79 Å². The molecule has 2 aliphatic heterocycles. The van der Waals surface area contributed by atoms with Crippen LogP contribution in [0.25, 0.3) is 0 Å². The van der Waals surface area contributed by atoms with Crippen molar-refractivity contribution in [2.24, 2.45) is 5.92 Å². The number of carbonyl (C=O) groups excluding carboxylic acids is 1. The molecule has 2 fully saturated rings. The Labute approximate surface area is 141 Å². The molecule has 2 heterocycles. The van der Waals surface area contributed by atoms with E-state index in [0.29, 0.717) is 6.04 Å². The summed E-state index contributed by atoms with van der Waals surface area (Å²) in [5, 5.41) is 3.57. The van der Waals surface area contributed by atoms with Gasteiger partial charge in [-0.15, -0.1) is 0 Å². The van der Waals surface area contributed by atoms with Crippen LogP contribution in [0.1, 0.15) is 52.9 Å². The van der Waals surface area contributed by atoms with E-state index in [0.717, 1.165) is 38.4 Å². The van der Waals surface area contributed by atoms with Crippen LogP contribution in [-0.2, 0) is 4.74 Å². The standard InChI is InChI=1S/C18H35N3O2/c1-18(2,3)23-17(22)21-11-5-6-16(21)14-19-10-7-15-8-12-20(4)13-9-15/h15-16,19H,5-14H2,1-4H3. The summed E-state index contributed by atoms with van der Waals surface area (Å²) in [5.41, 5.74) is -0.411. The minimum Gasteiger partial charge on any atom is -0.444 e. The smallest absolute Gasteiger partial charge is 0.410 e. The van der Waals surface area contributed by atoms with Gasteiger partial charge in [0.25, 0.3) is 0 Å². The molecule has 5 heteroatoms. The molecule has 0 radical (unpaired) electrons. The van der Waals surface area contributed by atoms with E-state index in [1.54, 1.807) is 0 Å². The van der Waals surface area contributed by atoms with Crippen molar-refractivity contribution in [2.75, 3.05) is 39.8 Å². The molecule has 0 aromatic rings. The van der Waals surface area contributed by atoms with Gasteiger partial charge in [0.2, 0.25) is 0 Å². The monoisotopic (exact) mass is 325 g/mol. The average Bonchev–Trinajstić information content (AvgIpc) is 2.92. The van der Waals surface area contributed by atoms with Crippen molar-refractivity contribution in [3.05, 3.63) is 0 Å². The minimum atomic E-state index is -0.411. The van der Waals surface area contributed by atoms with Crippen LogP contribution >= 0.6 is 0 Å². The fraction of sp³-hybridized carbons (Fsp3) is 0.944. The van der Waals surface area contributed by atoms with Crippen molar-refractivity contribution >= 4 is 6.09 Å². The molecule has 0 saturated carbocycles. The Balaban J connectivity index is 1.65. The number of piperidine rings is 1. The van der Waals surface area contributed by atoms with E-state index >= 15 is 0 Å². The van der Waals surface area contributed by atoms with E-state index in [-0.39, 0.29) is 6.09 Å². The van der Waals surface area contributed by atoms with Crippen LogP contribution in [-0.4, -0.2) is 67.3 Å². The third-order valence-electron chi connectivity index (χ3n) is 4.95. The maximum atomic E-state index is 12.3. The van der Waals surface area contributed by atoms with Gasteiger partial charge in [0.05, 0.1) is 0 Å². The molecule has 2 rings (SSSR count). The topological polar surface area (TPSA) is 44.8 Å². The zero-order valence-corrected chi connectivity index (χ0v) is 15.4. The third kappa shape index (κ3) is 6.30. The van der Waals surface area contributed by atoms with Crippen molar-refractivity contribution < 1.29 is 9.53 Å². The lowest BCUT2D eigenvalue weighted by Crippen LogP contribution is -2.44. The summed E-state index contributed by atoms with van der Waals surface area (Å²) in [7, 11) is 2.21. The van der Waals surface area contributed by atoms with Crippen molar-refractivity contribution in [3.63, 3.8) is 0 Å². The highest BCUT2D eigenvalue weighted by atomic mass is 16.6. The van der Waals surface area contributed by atoms with E-state index in [9.17, 15) is 4.79 Å². The molecule has 134 valence electrons. The second kappa shape index (κ2) is 8.34. The zero-order valence-electron chi connectivity index (χ0n) is 15.4. The van der Waals surface area contributed by atoms with Crippen molar-refractivity contribution in [1.29, 1.82) is 0 Å². The Bertz CT molecular complexity index is 373. The second-order valence-corrected chi connectivity index (χ2v) is 8.21. The van der Waals surface area contributed by atoms with Crippen molar-refractivity contribution in [3.8, 4) is 0 Å². The fourth-order valence-electron chi connectivity index (χ4n) is 3.53. The summed E-state index contributed by atoms with van der Waals surface area (Å²) < 4.78 is 5.52. The van der Waals surface area contributed by atoms with Gasteiger partial charge in [-0.1, -0.05) is 0 Å². The highest BCUT2D eigenvalue weighted by molar-refractivity contribution is 5.69. The number of hydrogen-bond acceptors (Lipinski definition) is 4. The SMILES string of the molecule is CN1CCC(CCNCC2CCCN2C(=O)OC(C)(C)C)CC1. The van der Waals surface area contributed by atoms with Crippen LogP contribution in [0.3, 0.4) is 0 Å². The summed E-state index contributed by atoms with van der Waals surface area (Å²) in [6.07, 6.45) is 5.92. The Morgan fingerprint density at radius 1 is 1.17 bits per heavy atom. The number of hydrogen-bond donors (Lipinski definition) is 1. The average molecular weight is 325 g/mol. The van der Waals surface area contributed by atoms with E-state index in [2.05, 4.69) is 17.3 Å². The van der Waals surface area contributed by atoms with Crippen LogP contribution in [0.2, 0.25) is 0 Å². The van der Waals surface area contributed by atoms with Gasteiger partial charge in [-0.2, -0.15) is 0 Å². The van der Waals surface area contributed by atoms with Gasteiger partial charge in [0, 0.05) is 19.1 Å². The van der Waals surface area contributed by atoms with Crippen molar-refractivity contribution in [2.45, 2.75) is 64.5 Å². The molecule has 0 spiro atoms. The summed E-state index contributed by atoms with van der Waals surface area (Å²) in [6, 6.07) is 0.294. The Kier molecular flexibility index (Phi) is 6.72. The Morgan fingerprint density at radius 3 is 2.52 bits per heavy atom. The summed E-state index contributed by atoms with van der Waals surface area (Å²) in [4.78, 5) is 16.6. The molecule has 0 bridgehead atoms. The summed E-state index contributed by atoms with van der Waals surface area (Å²) in [6.45, 7) is 11.0. The number of likely N-dealkylation sites (tertiary alicyclic amines) is 2. The van der Waals surface area contributed by atoms with E-state index < -0.39 is 5.60 Å². The molecular formula is C18H35N3O2. The molecule has 5 nitrogen and oxygen atoms in total. The van der Waals surface area contributed by atoms with Gasteiger partial charge >= 0.3 is 6.09 Å². The maximum Gasteiger partial charge on any atom is 0.410 e. The number of carbonyl (C=O) groups is 1. The molecule has 1 amide bonds. The Hall–Kier alpha value is -0.810. The number of amides is 1. The van der Waals surface area contributed by atoms with Crippen LogP contribution in [0.5, 0.6) is 0 Å². The highest BCUT2D eigenvalue weighted by Crippen LogP contribution is 2.21. The quantitative estimate of drug-likeness (QED) is 0.790. The number of rotatable bonds is 5. The van der Waals surface area contributed by atoms with Gasteiger partial charge in [-0.3, -0.25) is 0 Å². The first kappa shape index (κ1) is 18.5. The summed E-state index contributed by atoms with van der Waals surface area (Å²) in [5.74, 6) is 0.865. The van der Waals surface area contributed by atoms with Crippen LogP contribution in [0, 0.1) is 5.92 Å². The van der Waals surface area contributed by atoms with Gasteiger partial charge < -0.3 is 19.9 Å². The molecule has 2 saturated heterocycles. The molecule has 0 aromatic carbocycles. The number of nitrogens with one attached hydrogen (secondary N) is 1. The maximum absolute atomic E-state index is 12.3. The van der Waals surface area contributed by atoms with Crippen molar-refractivity contribution in [1.82, 2.24) is 15.1 Å². The first-order valence-corrected chi connectivity index (χ1v) is 9.24. The second-order valence-electron chi connectivity index (χ2n) is 8.21. The zero-order chi connectivity index (χ0) is 16.9. The molecule has 0 aliphatic carbocycles. The molecule has 1 atom stereocenters. The normalized spacial score (nSPS) is 24.2. The fourth-order valence-corrected chi connectivity index (χ4v) is 3.53. The van der Waals surface area contributed by atoms with Crippen LogP contribution in [0.15, 0.2) is 0 Å². The largest absolute Gasteiger partial charge is 0.444 e. The highest BCUT2D eigenvalue weighted by Gasteiger charge is 2.31. The predicted molar refractivity (Wildman–Crippen MR) is 93.7 cm³/mol. The number of ether oxygens (including phenoxy) is 1. The van der Waals surface area contributed by atoms with Gasteiger partial charge in [0.15, 0.2) is 0 Å². The Morgan fingerprint density at radius 2 is 1.87 bits per heavy atom. The van der Waals surface area contributed by atoms with E-state index in [1.165, 1.54) is 32.4 Å².